The Bertz CT molecular complexity index is 198. The van der Waals surface area contributed by atoms with Gasteiger partial charge in [0, 0.05) is 18.1 Å². The highest BCUT2D eigenvalue weighted by atomic mass is 15.3. The summed E-state index contributed by atoms with van der Waals surface area (Å²) in [5, 5.41) is 0. The Kier molecular flexibility index (Phi) is 2.29. The first kappa shape index (κ1) is 9.17. The molecule has 0 amide bonds. The number of rotatable bonds is 2. The molecule has 3 fully saturated rings. The first-order valence-corrected chi connectivity index (χ1v) is 6.36. The van der Waals surface area contributed by atoms with Crippen LogP contribution >= 0.6 is 0 Å². The molecule has 0 spiro atoms. The fourth-order valence-corrected chi connectivity index (χ4v) is 3.69. The number of piperidine rings is 2. The highest BCUT2D eigenvalue weighted by Gasteiger charge is 2.44. The van der Waals surface area contributed by atoms with E-state index in [1.165, 1.54) is 44.9 Å². The van der Waals surface area contributed by atoms with E-state index in [0.717, 1.165) is 30.6 Å². The molecule has 0 radical (unpaired) electrons. The Balaban J connectivity index is 1.74. The summed E-state index contributed by atoms with van der Waals surface area (Å²) < 4.78 is 0. The molecular weight excluding hydrogens is 172 g/mol. The summed E-state index contributed by atoms with van der Waals surface area (Å²) in [5.41, 5.74) is 5.83. The van der Waals surface area contributed by atoms with E-state index in [1.807, 2.05) is 0 Å². The third-order valence-electron chi connectivity index (χ3n) is 4.43. The van der Waals surface area contributed by atoms with Crippen molar-refractivity contribution in [2.45, 2.75) is 63.1 Å². The van der Waals surface area contributed by atoms with Crippen LogP contribution in [-0.4, -0.2) is 29.6 Å². The fourth-order valence-electron chi connectivity index (χ4n) is 3.69. The van der Waals surface area contributed by atoms with Gasteiger partial charge in [0.25, 0.3) is 0 Å². The average Bonchev–Trinajstić information content (AvgIpc) is 2.99. The van der Waals surface area contributed by atoms with E-state index in [1.54, 1.807) is 0 Å². The molecule has 0 aromatic rings. The molecule has 2 saturated heterocycles. The second-order valence-electron chi connectivity index (χ2n) is 5.49. The Labute approximate surface area is 86.8 Å². The molecule has 2 N–H and O–H groups in total. The second-order valence-corrected chi connectivity index (χ2v) is 5.49. The summed E-state index contributed by atoms with van der Waals surface area (Å²) in [4.78, 5) is 2.87. The Morgan fingerprint density at radius 1 is 0.929 bits per heavy atom. The summed E-state index contributed by atoms with van der Waals surface area (Å²) in [5.74, 6) is 0.834. The first-order chi connectivity index (χ1) is 6.88. The van der Waals surface area contributed by atoms with Crippen molar-refractivity contribution >= 4 is 0 Å². The van der Waals surface area contributed by atoms with Crippen molar-refractivity contribution in [3.05, 3.63) is 0 Å². The van der Waals surface area contributed by atoms with Gasteiger partial charge in [0.1, 0.15) is 0 Å². The third kappa shape index (κ3) is 1.49. The standard InChI is InChI=1S/C12H22N2/c13-8-9-6-11-2-1-3-12(7-9)14(11)10-4-5-10/h9-12H,1-8,13H2/t11-,12-/m1/s1. The minimum absolute atomic E-state index is 0.834. The van der Waals surface area contributed by atoms with E-state index in [-0.39, 0.29) is 0 Å². The second kappa shape index (κ2) is 3.49. The Morgan fingerprint density at radius 3 is 2.07 bits per heavy atom. The zero-order chi connectivity index (χ0) is 9.54. The molecule has 3 rings (SSSR count). The van der Waals surface area contributed by atoms with Crippen LogP contribution in [0.2, 0.25) is 0 Å². The van der Waals surface area contributed by atoms with Gasteiger partial charge in [-0.3, -0.25) is 4.90 Å². The van der Waals surface area contributed by atoms with Crippen molar-refractivity contribution in [2.24, 2.45) is 11.7 Å². The fraction of sp³-hybridized carbons (Fsp3) is 1.00. The van der Waals surface area contributed by atoms with E-state index in [9.17, 15) is 0 Å². The van der Waals surface area contributed by atoms with Gasteiger partial charge in [-0.2, -0.15) is 0 Å². The van der Waals surface area contributed by atoms with Crippen LogP contribution in [0.25, 0.3) is 0 Å². The number of fused-ring (bicyclic) bond motifs is 2. The SMILES string of the molecule is NCC1C[C@H]2CCC[C@H](C1)N2C1CC1. The number of hydrogen-bond acceptors (Lipinski definition) is 2. The van der Waals surface area contributed by atoms with Crippen LogP contribution in [0.3, 0.4) is 0 Å². The molecule has 2 heteroatoms. The zero-order valence-electron chi connectivity index (χ0n) is 8.99. The first-order valence-electron chi connectivity index (χ1n) is 6.36. The molecule has 0 aromatic carbocycles. The summed E-state index contributed by atoms with van der Waals surface area (Å²) in [6.07, 6.45) is 10.1. The topological polar surface area (TPSA) is 29.3 Å². The minimum Gasteiger partial charge on any atom is -0.330 e. The third-order valence-corrected chi connectivity index (χ3v) is 4.43. The Morgan fingerprint density at radius 2 is 1.57 bits per heavy atom. The lowest BCUT2D eigenvalue weighted by atomic mass is 9.78. The molecule has 80 valence electrons. The zero-order valence-corrected chi connectivity index (χ0v) is 8.99. The van der Waals surface area contributed by atoms with Crippen LogP contribution in [-0.2, 0) is 0 Å². The highest BCUT2D eigenvalue weighted by Crippen LogP contribution is 2.43. The molecule has 3 aliphatic rings. The van der Waals surface area contributed by atoms with Crippen LogP contribution in [0.15, 0.2) is 0 Å². The summed E-state index contributed by atoms with van der Waals surface area (Å²) in [6.45, 7) is 0.922. The molecule has 2 nitrogen and oxygen atoms in total. The van der Waals surface area contributed by atoms with E-state index in [2.05, 4.69) is 4.90 Å². The molecule has 0 unspecified atom stereocenters. The van der Waals surface area contributed by atoms with Crippen molar-refractivity contribution < 1.29 is 0 Å². The van der Waals surface area contributed by atoms with Crippen molar-refractivity contribution in [1.82, 2.24) is 4.90 Å². The van der Waals surface area contributed by atoms with Crippen LogP contribution in [0.5, 0.6) is 0 Å². The van der Waals surface area contributed by atoms with Gasteiger partial charge >= 0.3 is 0 Å². The lowest BCUT2D eigenvalue weighted by Crippen LogP contribution is -2.53. The highest BCUT2D eigenvalue weighted by molar-refractivity contribution is 4.99. The molecule has 1 saturated carbocycles. The predicted molar refractivity (Wildman–Crippen MR) is 58.1 cm³/mol. The molecule has 2 heterocycles. The maximum atomic E-state index is 5.83. The number of hydrogen-bond donors (Lipinski definition) is 1. The van der Waals surface area contributed by atoms with Crippen LogP contribution in [0.4, 0.5) is 0 Å². The van der Waals surface area contributed by atoms with E-state index in [0.29, 0.717) is 0 Å². The largest absolute Gasteiger partial charge is 0.330 e. The van der Waals surface area contributed by atoms with Crippen molar-refractivity contribution in [2.75, 3.05) is 6.54 Å². The quantitative estimate of drug-likeness (QED) is 0.725. The minimum atomic E-state index is 0.834. The van der Waals surface area contributed by atoms with Crippen molar-refractivity contribution in [3.63, 3.8) is 0 Å². The number of nitrogens with zero attached hydrogens (tertiary/aromatic N) is 1. The molecule has 2 atom stereocenters. The summed E-state index contributed by atoms with van der Waals surface area (Å²) >= 11 is 0. The number of nitrogens with two attached hydrogens (primary N) is 1. The molecule has 1 aliphatic carbocycles. The van der Waals surface area contributed by atoms with Gasteiger partial charge in [0.2, 0.25) is 0 Å². The summed E-state index contributed by atoms with van der Waals surface area (Å²) in [7, 11) is 0. The maximum absolute atomic E-state index is 5.83. The normalized spacial score (nSPS) is 43.9. The van der Waals surface area contributed by atoms with Gasteiger partial charge in [0.05, 0.1) is 0 Å². The smallest absolute Gasteiger partial charge is 0.0104 e. The van der Waals surface area contributed by atoms with Gasteiger partial charge < -0.3 is 5.73 Å². The maximum Gasteiger partial charge on any atom is 0.0104 e. The van der Waals surface area contributed by atoms with Gasteiger partial charge in [-0.05, 0) is 51.0 Å². The lowest BCUT2D eigenvalue weighted by Gasteiger charge is -2.49. The average molecular weight is 194 g/mol. The van der Waals surface area contributed by atoms with Gasteiger partial charge in [-0.15, -0.1) is 0 Å². The van der Waals surface area contributed by atoms with E-state index >= 15 is 0 Å². The van der Waals surface area contributed by atoms with Crippen molar-refractivity contribution in [3.8, 4) is 0 Å². The van der Waals surface area contributed by atoms with Crippen LogP contribution < -0.4 is 5.73 Å². The van der Waals surface area contributed by atoms with E-state index < -0.39 is 0 Å². The Hall–Kier alpha value is -0.0800. The predicted octanol–water partition coefficient (Wildman–Crippen LogP) is 1.74. The molecule has 2 aliphatic heterocycles. The molecule has 0 aromatic heterocycles. The summed E-state index contributed by atoms with van der Waals surface area (Å²) in [6, 6.07) is 2.79. The lowest BCUT2D eigenvalue weighted by molar-refractivity contribution is 0.00869. The van der Waals surface area contributed by atoms with Crippen LogP contribution in [0, 0.1) is 5.92 Å². The van der Waals surface area contributed by atoms with Gasteiger partial charge in [-0.25, -0.2) is 0 Å². The molecule has 14 heavy (non-hydrogen) atoms. The molecule has 2 bridgehead atoms. The monoisotopic (exact) mass is 194 g/mol. The van der Waals surface area contributed by atoms with Crippen molar-refractivity contribution in [1.29, 1.82) is 0 Å². The van der Waals surface area contributed by atoms with Gasteiger partial charge in [0.15, 0.2) is 0 Å². The van der Waals surface area contributed by atoms with E-state index in [4.69, 9.17) is 5.73 Å². The molecular formula is C12H22N2. The van der Waals surface area contributed by atoms with Crippen LogP contribution in [0.1, 0.15) is 44.9 Å². The van der Waals surface area contributed by atoms with Gasteiger partial charge in [-0.1, -0.05) is 6.42 Å².